The Morgan fingerprint density at radius 2 is 2.21 bits per heavy atom. The van der Waals surface area contributed by atoms with Gasteiger partial charge in [-0.05, 0) is 25.0 Å². The number of hydrogen-bond acceptors (Lipinski definition) is 4. The maximum absolute atomic E-state index is 13.5. The van der Waals surface area contributed by atoms with E-state index in [1.54, 1.807) is 18.2 Å². The number of rotatable bonds is 8. The fourth-order valence-corrected chi connectivity index (χ4v) is 3.25. The van der Waals surface area contributed by atoms with Crippen LogP contribution in [0, 0.1) is 5.82 Å². The van der Waals surface area contributed by atoms with E-state index >= 15 is 0 Å². The fraction of sp³-hybridized carbons (Fsp3) is 0.353. The molecule has 0 atom stereocenters. The van der Waals surface area contributed by atoms with Crippen molar-refractivity contribution in [2.45, 2.75) is 36.9 Å². The van der Waals surface area contributed by atoms with E-state index in [9.17, 15) is 9.18 Å². The first-order valence-electron chi connectivity index (χ1n) is 7.90. The molecule has 1 N–H and O–H groups in total. The monoisotopic (exact) mass is 346 g/mol. The molecule has 2 aromatic rings. The van der Waals surface area contributed by atoms with Gasteiger partial charge < -0.3 is 9.88 Å². The van der Waals surface area contributed by atoms with Crippen molar-refractivity contribution in [1.82, 2.24) is 14.8 Å². The van der Waals surface area contributed by atoms with Crippen LogP contribution in [0.5, 0.6) is 0 Å². The van der Waals surface area contributed by atoms with Crippen molar-refractivity contribution in [3.63, 3.8) is 0 Å². The zero-order chi connectivity index (χ0) is 16.9. The lowest BCUT2D eigenvalue weighted by molar-refractivity contribution is -0.115. The summed E-state index contributed by atoms with van der Waals surface area (Å²) >= 11 is 1.48. The highest BCUT2D eigenvalue weighted by molar-refractivity contribution is 7.99. The summed E-state index contributed by atoms with van der Waals surface area (Å²) in [5.41, 5.74) is 0.207. The molecule has 126 valence electrons. The second kappa shape index (κ2) is 7.61. The Hall–Kier alpha value is -2.15. The molecule has 5 nitrogen and oxygen atoms in total. The molecule has 1 saturated carbocycles. The Morgan fingerprint density at radius 3 is 2.92 bits per heavy atom. The predicted octanol–water partition coefficient (Wildman–Crippen LogP) is 3.60. The number of para-hydroxylation sites is 1. The molecule has 1 fully saturated rings. The number of nitrogens with zero attached hydrogens (tertiary/aromatic N) is 3. The van der Waals surface area contributed by atoms with Gasteiger partial charge in [-0.2, -0.15) is 0 Å². The van der Waals surface area contributed by atoms with E-state index in [2.05, 4.69) is 26.7 Å². The van der Waals surface area contributed by atoms with Crippen molar-refractivity contribution >= 4 is 23.4 Å². The summed E-state index contributed by atoms with van der Waals surface area (Å²) in [5, 5.41) is 11.9. The highest BCUT2D eigenvalue weighted by Gasteiger charge is 2.30. The molecule has 3 rings (SSSR count). The molecule has 1 heterocycles. The summed E-state index contributed by atoms with van der Waals surface area (Å²) in [6.45, 7) is 4.45. The van der Waals surface area contributed by atoms with Gasteiger partial charge in [-0.3, -0.25) is 4.79 Å². The van der Waals surface area contributed by atoms with Gasteiger partial charge in [0.1, 0.15) is 11.6 Å². The molecular formula is C17H19FN4OS. The van der Waals surface area contributed by atoms with E-state index in [0.29, 0.717) is 18.2 Å². The molecule has 0 saturated heterocycles. The topological polar surface area (TPSA) is 59.8 Å². The number of aromatic nitrogens is 3. The third-order valence-corrected chi connectivity index (χ3v) is 4.68. The molecule has 7 heteroatoms. The number of benzene rings is 1. The Balaban J connectivity index is 1.53. The van der Waals surface area contributed by atoms with Crippen molar-refractivity contribution in [3.8, 4) is 0 Å². The van der Waals surface area contributed by atoms with Crippen LogP contribution in [-0.2, 0) is 11.3 Å². The van der Waals surface area contributed by atoms with E-state index in [1.807, 2.05) is 6.08 Å². The molecule has 0 bridgehead atoms. The number of carbonyl (C=O) groups is 1. The van der Waals surface area contributed by atoms with Crippen LogP contribution in [-0.4, -0.2) is 26.4 Å². The van der Waals surface area contributed by atoms with Crippen molar-refractivity contribution in [2.24, 2.45) is 0 Å². The SMILES string of the molecule is C=CCn1c(SCCC(=O)Nc2ccccc2F)nnc1C1CC1. The molecule has 1 aliphatic rings. The van der Waals surface area contributed by atoms with Crippen LogP contribution in [0.1, 0.15) is 31.0 Å². The van der Waals surface area contributed by atoms with E-state index in [0.717, 1.165) is 23.8 Å². The number of allylic oxidation sites excluding steroid dienone is 1. The first-order chi connectivity index (χ1) is 11.7. The Kier molecular flexibility index (Phi) is 5.30. The van der Waals surface area contributed by atoms with Gasteiger partial charge in [0.05, 0.1) is 5.69 Å². The van der Waals surface area contributed by atoms with Crippen LogP contribution in [0.25, 0.3) is 0 Å². The third-order valence-electron chi connectivity index (χ3n) is 3.71. The van der Waals surface area contributed by atoms with Crippen LogP contribution in [0.2, 0.25) is 0 Å². The van der Waals surface area contributed by atoms with Gasteiger partial charge in [-0.15, -0.1) is 16.8 Å². The number of thioether (sulfide) groups is 1. The average Bonchev–Trinajstić information content (AvgIpc) is 3.33. The quantitative estimate of drug-likeness (QED) is 0.586. The highest BCUT2D eigenvalue weighted by Crippen LogP contribution is 2.40. The summed E-state index contributed by atoms with van der Waals surface area (Å²) in [6, 6.07) is 6.14. The standard InChI is InChI=1S/C17H19FN4OS/c1-2-10-22-16(12-7-8-12)20-21-17(22)24-11-9-15(23)19-14-6-4-3-5-13(14)18/h2-6,12H,1,7-11H2,(H,19,23). The third kappa shape index (κ3) is 4.03. The second-order valence-electron chi connectivity index (χ2n) is 5.64. The molecule has 1 aromatic heterocycles. The normalized spacial score (nSPS) is 13.7. The number of anilines is 1. The fourth-order valence-electron chi connectivity index (χ4n) is 2.36. The summed E-state index contributed by atoms with van der Waals surface area (Å²) < 4.78 is 15.6. The first kappa shape index (κ1) is 16.7. The zero-order valence-corrected chi connectivity index (χ0v) is 14.1. The second-order valence-corrected chi connectivity index (χ2v) is 6.70. The number of carbonyl (C=O) groups excluding carboxylic acids is 1. The van der Waals surface area contributed by atoms with E-state index in [-0.39, 0.29) is 18.0 Å². The Morgan fingerprint density at radius 1 is 1.42 bits per heavy atom. The van der Waals surface area contributed by atoms with Crippen molar-refractivity contribution in [2.75, 3.05) is 11.1 Å². The lowest BCUT2D eigenvalue weighted by Crippen LogP contribution is -2.13. The summed E-state index contributed by atoms with van der Waals surface area (Å²) in [6.07, 6.45) is 4.42. The van der Waals surface area contributed by atoms with Gasteiger partial charge in [0, 0.05) is 24.6 Å². The van der Waals surface area contributed by atoms with Crippen molar-refractivity contribution in [1.29, 1.82) is 0 Å². The van der Waals surface area contributed by atoms with Gasteiger partial charge in [0.2, 0.25) is 5.91 Å². The van der Waals surface area contributed by atoms with Crippen molar-refractivity contribution in [3.05, 3.63) is 48.6 Å². The molecule has 24 heavy (non-hydrogen) atoms. The lowest BCUT2D eigenvalue weighted by Gasteiger charge is -2.08. The van der Waals surface area contributed by atoms with Gasteiger partial charge >= 0.3 is 0 Å². The maximum Gasteiger partial charge on any atom is 0.225 e. The van der Waals surface area contributed by atoms with Crippen LogP contribution in [0.4, 0.5) is 10.1 Å². The van der Waals surface area contributed by atoms with Gasteiger partial charge in [0.25, 0.3) is 0 Å². The van der Waals surface area contributed by atoms with Gasteiger partial charge in [-0.1, -0.05) is 30.0 Å². The molecule has 1 aromatic carbocycles. The molecule has 0 radical (unpaired) electrons. The Labute approximate surface area is 144 Å². The summed E-state index contributed by atoms with van der Waals surface area (Å²) in [7, 11) is 0. The molecular weight excluding hydrogens is 327 g/mol. The van der Waals surface area contributed by atoms with Crippen LogP contribution in [0.3, 0.4) is 0 Å². The molecule has 1 amide bonds. The van der Waals surface area contributed by atoms with E-state index < -0.39 is 5.82 Å². The smallest absolute Gasteiger partial charge is 0.225 e. The van der Waals surface area contributed by atoms with Crippen LogP contribution >= 0.6 is 11.8 Å². The average molecular weight is 346 g/mol. The number of hydrogen-bond donors (Lipinski definition) is 1. The minimum Gasteiger partial charge on any atom is -0.324 e. The minimum atomic E-state index is -0.432. The lowest BCUT2D eigenvalue weighted by atomic mass is 10.3. The molecule has 0 aliphatic heterocycles. The molecule has 0 unspecified atom stereocenters. The van der Waals surface area contributed by atoms with Crippen molar-refractivity contribution < 1.29 is 9.18 Å². The predicted molar refractivity (Wildman–Crippen MR) is 92.6 cm³/mol. The minimum absolute atomic E-state index is 0.207. The van der Waals surface area contributed by atoms with E-state index in [4.69, 9.17) is 0 Å². The number of amides is 1. The van der Waals surface area contributed by atoms with E-state index in [1.165, 1.54) is 17.8 Å². The summed E-state index contributed by atoms with van der Waals surface area (Å²) in [4.78, 5) is 11.9. The van der Waals surface area contributed by atoms with Gasteiger partial charge in [-0.25, -0.2) is 4.39 Å². The molecule has 0 spiro atoms. The number of nitrogens with one attached hydrogen (secondary N) is 1. The van der Waals surface area contributed by atoms with Gasteiger partial charge in [0.15, 0.2) is 5.16 Å². The van der Waals surface area contributed by atoms with Crippen LogP contribution < -0.4 is 5.32 Å². The molecule has 1 aliphatic carbocycles. The largest absolute Gasteiger partial charge is 0.324 e. The number of halogens is 1. The Bertz CT molecular complexity index is 742. The zero-order valence-electron chi connectivity index (χ0n) is 13.2. The van der Waals surface area contributed by atoms with Crippen LogP contribution in [0.15, 0.2) is 42.1 Å². The summed E-state index contributed by atoms with van der Waals surface area (Å²) in [5.74, 6) is 1.42. The highest BCUT2D eigenvalue weighted by atomic mass is 32.2. The maximum atomic E-state index is 13.5. The first-order valence-corrected chi connectivity index (χ1v) is 8.88.